The lowest BCUT2D eigenvalue weighted by atomic mass is 10.2. The van der Waals surface area contributed by atoms with Gasteiger partial charge in [0.1, 0.15) is 11.0 Å². The normalized spacial score (nSPS) is 14.1. The number of aromatic nitrogens is 1. The van der Waals surface area contributed by atoms with Crippen LogP contribution < -0.4 is 4.90 Å². The molecule has 96 valence electrons. The standard InChI is InChI=1S/C14H12ClN3S/c15-13-6-10(8-16)7-14(17-13)18(11-3-4-11)9-12-2-1-5-19-12/h1-2,5-7,11H,3-4,9H2. The SMILES string of the molecule is N#Cc1cc(Cl)nc(N(Cc2cccs2)C2CC2)c1. The molecular formula is C14H12ClN3S. The molecular weight excluding hydrogens is 278 g/mol. The maximum absolute atomic E-state index is 9.03. The van der Waals surface area contributed by atoms with Gasteiger partial charge in [0.05, 0.1) is 18.2 Å². The Morgan fingerprint density at radius 2 is 2.32 bits per heavy atom. The summed E-state index contributed by atoms with van der Waals surface area (Å²) in [5.74, 6) is 0.806. The molecule has 0 bridgehead atoms. The highest BCUT2D eigenvalue weighted by Crippen LogP contribution is 2.33. The van der Waals surface area contributed by atoms with E-state index in [1.165, 1.54) is 17.7 Å². The van der Waals surface area contributed by atoms with Gasteiger partial charge in [-0.15, -0.1) is 11.3 Å². The van der Waals surface area contributed by atoms with Crippen LogP contribution in [-0.2, 0) is 6.54 Å². The summed E-state index contributed by atoms with van der Waals surface area (Å²) in [5, 5.41) is 11.5. The summed E-state index contributed by atoms with van der Waals surface area (Å²) in [6.45, 7) is 0.834. The van der Waals surface area contributed by atoms with E-state index in [4.69, 9.17) is 16.9 Å². The molecule has 2 aromatic rings. The number of hydrogen-bond acceptors (Lipinski definition) is 4. The monoisotopic (exact) mass is 289 g/mol. The lowest BCUT2D eigenvalue weighted by Gasteiger charge is -2.23. The van der Waals surface area contributed by atoms with Crippen LogP contribution in [0.3, 0.4) is 0 Å². The van der Waals surface area contributed by atoms with Crippen molar-refractivity contribution in [1.29, 1.82) is 5.26 Å². The van der Waals surface area contributed by atoms with Gasteiger partial charge in [0.15, 0.2) is 0 Å². The van der Waals surface area contributed by atoms with Crippen LogP contribution >= 0.6 is 22.9 Å². The number of rotatable bonds is 4. The van der Waals surface area contributed by atoms with Gasteiger partial charge in [0, 0.05) is 10.9 Å². The second-order valence-corrected chi connectivity index (χ2v) is 6.01. The number of halogens is 1. The summed E-state index contributed by atoms with van der Waals surface area (Å²) in [7, 11) is 0. The fraction of sp³-hybridized carbons (Fsp3) is 0.286. The number of anilines is 1. The van der Waals surface area contributed by atoms with E-state index in [0.29, 0.717) is 16.8 Å². The smallest absolute Gasteiger partial charge is 0.132 e. The highest BCUT2D eigenvalue weighted by molar-refractivity contribution is 7.09. The molecule has 0 radical (unpaired) electrons. The van der Waals surface area contributed by atoms with Gasteiger partial charge < -0.3 is 4.90 Å². The van der Waals surface area contributed by atoms with Crippen molar-refractivity contribution in [3.05, 3.63) is 45.2 Å². The number of nitriles is 1. The highest BCUT2D eigenvalue weighted by Gasteiger charge is 2.30. The molecule has 19 heavy (non-hydrogen) atoms. The molecule has 5 heteroatoms. The van der Waals surface area contributed by atoms with Crippen molar-refractivity contribution in [2.75, 3.05) is 4.90 Å². The van der Waals surface area contributed by atoms with Crippen LogP contribution in [-0.4, -0.2) is 11.0 Å². The fourth-order valence-corrected chi connectivity index (χ4v) is 2.96. The maximum Gasteiger partial charge on any atom is 0.132 e. The molecule has 0 atom stereocenters. The van der Waals surface area contributed by atoms with Crippen LogP contribution in [0.5, 0.6) is 0 Å². The average molecular weight is 290 g/mol. The zero-order valence-corrected chi connectivity index (χ0v) is 11.8. The number of pyridine rings is 1. The Labute approximate surface area is 121 Å². The van der Waals surface area contributed by atoms with Gasteiger partial charge >= 0.3 is 0 Å². The van der Waals surface area contributed by atoms with E-state index in [1.54, 1.807) is 17.4 Å². The molecule has 3 rings (SSSR count). The molecule has 0 N–H and O–H groups in total. The number of hydrogen-bond donors (Lipinski definition) is 0. The Hall–Kier alpha value is -1.57. The first kappa shape index (κ1) is 12.5. The quantitative estimate of drug-likeness (QED) is 0.803. The van der Waals surface area contributed by atoms with Crippen molar-refractivity contribution < 1.29 is 0 Å². The first-order valence-corrected chi connectivity index (χ1v) is 7.39. The van der Waals surface area contributed by atoms with Crippen molar-refractivity contribution in [1.82, 2.24) is 4.98 Å². The zero-order chi connectivity index (χ0) is 13.2. The van der Waals surface area contributed by atoms with Crippen LogP contribution in [0.15, 0.2) is 29.6 Å². The highest BCUT2D eigenvalue weighted by atomic mass is 35.5. The van der Waals surface area contributed by atoms with Gasteiger partial charge in [0.25, 0.3) is 0 Å². The molecule has 1 aliphatic rings. The minimum atomic E-state index is 0.380. The van der Waals surface area contributed by atoms with Crippen molar-refractivity contribution in [2.45, 2.75) is 25.4 Å². The van der Waals surface area contributed by atoms with Gasteiger partial charge in [-0.2, -0.15) is 5.26 Å². The Balaban J connectivity index is 1.92. The number of nitrogens with zero attached hydrogens (tertiary/aromatic N) is 3. The third-order valence-corrected chi connectivity index (χ3v) is 4.15. The molecule has 1 aliphatic carbocycles. The minimum Gasteiger partial charge on any atom is -0.348 e. The fourth-order valence-electron chi connectivity index (χ4n) is 2.05. The van der Waals surface area contributed by atoms with Crippen LogP contribution in [0.1, 0.15) is 23.3 Å². The van der Waals surface area contributed by atoms with Gasteiger partial charge in [-0.3, -0.25) is 0 Å². The van der Waals surface area contributed by atoms with Gasteiger partial charge in [0.2, 0.25) is 0 Å². The third kappa shape index (κ3) is 2.89. The molecule has 2 aromatic heterocycles. The van der Waals surface area contributed by atoms with E-state index in [-0.39, 0.29) is 0 Å². The Morgan fingerprint density at radius 3 is 2.95 bits per heavy atom. The van der Waals surface area contributed by atoms with Crippen LogP contribution in [0.25, 0.3) is 0 Å². The van der Waals surface area contributed by atoms with Gasteiger partial charge in [-0.25, -0.2) is 4.98 Å². The summed E-state index contributed by atoms with van der Waals surface area (Å²) in [5.41, 5.74) is 0.562. The molecule has 0 saturated heterocycles. The van der Waals surface area contributed by atoms with E-state index in [0.717, 1.165) is 12.4 Å². The van der Waals surface area contributed by atoms with E-state index >= 15 is 0 Å². The van der Waals surface area contributed by atoms with Crippen molar-refractivity contribution in [3.8, 4) is 6.07 Å². The average Bonchev–Trinajstić information content (AvgIpc) is 3.12. The molecule has 2 heterocycles. The third-order valence-electron chi connectivity index (χ3n) is 3.10. The molecule has 1 fully saturated rings. The van der Waals surface area contributed by atoms with E-state index in [2.05, 4.69) is 33.5 Å². The lowest BCUT2D eigenvalue weighted by molar-refractivity contribution is 0.786. The van der Waals surface area contributed by atoms with Crippen molar-refractivity contribution in [2.24, 2.45) is 0 Å². The van der Waals surface area contributed by atoms with Crippen molar-refractivity contribution >= 4 is 28.8 Å². The molecule has 1 saturated carbocycles. The first-order chi connectivity index (χ1) is 9.26. The Morgan fingerprint density at radius 1 is 1.47 bits per heavy atom. The van der Waals surface area contributed by atoms with Crippen LogP contribution in [0.4, 0.5) is 5.82 Å². The summed E-state index contributed by atoms with van der Waals surface area (Å²) in [6, 6.07) is 10.2. The lowest BCUT2D eigenvalue weighted by Crippen LogP contribution is -2.25. The Bertz CT molecular complexity index is 614. The molecule has 0 aliphatic heterocycles. The molecule has 3 nitrogen and oxygen atoms in total. The van der Waals surface area contributed by atoms with Crippen LogP contribution in [0.2, 0.25) is 5.15 Å². The maximum atomic E-state index is 9.03. The predicted octanol–water partition coefficient (Wildman–Crippen LogP) is 3.84. The molecule has 0 aromatic carbocycles. The summed E-state index contributed by atoms with van der Waals surface area (Å²) < 4.78 is 0. The summed E-state index contributed by atoms with van der Waals surface area (Å²) in [4.78, 5) is 7.92. The molecule has 0 spiro atoms. The van der Waals surface area contributed by atoms with Gasteiger partial charge in [-0.1, -0.05) is 17.7 Å². The summed E-state index contributed by atoms with van der Waals surface area (Å²) >= 11 is 7.73. The van der Waals surface area contributed by atoms with E-state index < -0.39 is 0 Å². The molecule has 0 amide bonds. The minimum absolute atomic E-state index is 0.380. The second-order valence-electron chi connectivity index (χ2n) is 4.59. The Kier molecular flexibility index (Phi) is 3.41. The van der Waals surface area contributed by atoms with Crippen molar-refractivity contribution in [3.63, 3.8) is 0 Å². The van der Waals surface area contributed by atoms with E-state index in [1.807, 2.05) is 6.07 Å². The molecule has 0 unspecified atom stereocenters. The number of thiophene rings is 1. The first-order valence-electron chi connectivity index (χ1n) is 6.13. The van der Waals surface area contributed by atoms with Gasteiger partial charge in [-0.05, 0) is 36.4 Å². The second kappa shape index (κ2) is 5.20. The summed E-state index contributed by atoms with van der Waals surface area (Å²) in [6.07, 6.45) is 2.36. The zero-order valence-electron chi connectivity index (χ0n) is 10.2. The topological polar surface area (TPSA) is 39.9 Å². The van der Waals surface area contributed by atoms with E-state index in [9.17, 15) is 0 Å². The van der Waals surface area contributed by atoms with Crippen LogP contribution in [0, 0.1) is 11.3 Å². The largest absolute Gasteiger partial charge is 0.348 e. The predicted molar refractivity (Wildman–Crippen MR) is 77.5 cm³/mol.